The molecule has 0 aliphatic heterocycles. The van der Waals surface area contributed by atoms with E-state index < -0.39 is 0 Å². The molecule has 0 saturated heterocycles. The lowest BCUT2D eigenvalue weighted by Crippen LogP contribution is -3.10. The van der Waals surface area contributed by atoms with Gasteiger partial charge in [0.15, 0.2) is 5.43 Å². The molecule has 0 spiro atoms. The molecule has 2 N–H and O–H groups in total. The minimum absolute atomic E-state index is 0.203. The normalized spacial score (nSPS) is 11.5. The van der Waals surface area contributed by atoms with E-state index in [0.717, 1.165) is 60.2 Å². The van der Waals surface area contributed by atoms with Crippen LogP contribution in [0.2, 0.25) is 0 Å². The fraction of sp³-hybridized carbons (Fsp3) is 0.500. The SMILES string of the molecule is CCC[NH+](CCC)Cc1c(C)[nH]c2c(C)cccc2c1=O. The van der Waals surface area contributed by atoms with Gasteiger partial charge in [-0.05, 0) is 38.3 Å². The van der Waals surface area contributed by atoms with Crippen molar-refractivity contribution in [2.75, 3.05) is 13.1 Å². The van der Waals surface area contributed by atoms with Crippen LogP contribution in [-0.2, 0) is 6.54 Å². The van der Waals surface area contributed by atoms with E-state index in [9.17, 15) is 4.79 Å². The number of hydrogen-bond acceptors (Lipinski definition) is 1. The Labute approximate surface area is 127 Å². The van der Waals surface area contributed by atoms with Crippen molar-refractivity contribution in [3.8, 4) is 0 Å². The van der Waals surface area contributed by atoms with Crippen molar-refractivity contribution in [3.63, 3.8) is 0 Å². The van der Waals surface area contributed by atoms with Gasteiger partial charge in [-0.15, -0.1) is 0 Å². The van der Waals surface area contributed by atoms with Gasteiger partial charge >= 0.3 is 0 Å². The predicted octanol–water partition coefficient (Wildman–Crippen LogP) is 2.35. The van der Waals surface area contributed by atoms with Crippen LogP contribution in [0.3, 0.4) is 0 Å². The molecule has 2 aromatic rings. The molecule has 0 saturated carbocycles. The zero-order valence-corrected chi connectivity index (χ0v) is 13.7. The summed E-state index contributed by atoms with van der Waals surface area (Å²) in [5.41, 5.74) is 4.29. The fourth-order valence-electron chi connectivity index (χ4n) is 3.09. The number of para-hydroxylation sites is 1. The molecule has 0 atom stereocenters. The highest BCUT2D eigenvalue weighted by Crippen LogP contribution is 2.14. The number of pyridine rings is 1. The molecule has 0 bridgehead atoms. The van der Waals surface area contributed by atoms with E-state index in [0.29, 0.717) is 0 Å². The van der Waals surface area contributed by atoms with Crippen LogP contribution in [0.25, 0.3) is 10.9 Å². The average Bonchev–Trinajstić information content (AvgIpc) is 2.45. The Morgan fingerprint density at radius 3 is 2.38 bits per heavy atom. The molecule has 3 heteroatoms. The number of benzene rings is 1. The lowest BCUT2D eigenvalue weighted by molar-refractivity contribution is -0.914. The van der Waals surface area contributed by atoms with Crippen molar-refractivity contribution in [2.24, 2.45) is 0 Å². The summed E-state index contributed by atoms with van der Waals surface area (Å²) < 4.78 is 0. The number of quaternary nitrogens is 1. The Morgan fingerprint density at radius 1 is 1.10 bits per heavy atom. The lowest BCUT2D eigenvalue weighted by atomic mass is 10.1. The van der Waals surface area contributed by atoms with E-state index in [1.54, 1.807) is 0 Å². The van der Waals surface area contributed by atoms with Gasteiger partial charge in [0.05, 0.1) is 24.2 Å². The summed E-state index contributed by atoms with van der Waals surface area (Å²) in [6, 6.07) is 5.95. The topological polar surface area (TPSA) is 37.3 Å². The Morgan fingerprint density at radius 2 is 1.76 bits per heavy atom. The van der Waals surface area contributed by atoms with Gasteiger partial charge < -0.3 is 9.88 Å². The van der Waals surface area contributed by atoms with Gasteiger partial charge in [0.25, 0.3) is 0 Å². The van der Waals surface area contributed by atoms with Gasteiger partial charge in [-0.1, -0.05) is 26.0 Å². The first kappa shape index (κ1) is 15.8. The molecule has 0 unspecified atom stereocenters. The third-order valence-corrected chi connectivity index (χ3v) is 4.19. The number of aromatic amines is 1. The number of aromatic nitrogens is 1. The smallest absolute Gasteiger partial charge is 0.198 e. The average molecular weight is 287 g/mol. The molecule has 0 aliphatic carbocycles. The zero-order valence-electron chi connectivity index (χ0n) is 13.7. The summed E-state index contributed by atoms with van der Waals surface area (Å²) in [6.07, 6.45) is 2.30. The molecule has 0 amide bonds. The van der Waals surface area contributed by atoms with Gasteiger partial charge in [-0.2, -0.15) is 0 Å². The van der Waals surface area contributed by atoms with Crippen molar-refractivity contribution >= 4 is 10.9 Å². The highest BCUT2D eigenvalue weighted by atomic mass is 16.1. The Hall–Kier alpha value is -1.61. The van der Waals surface area contributed by atoms with Gasteiger partial charge in [0, 0.05) is 11.1 Å². The highest BCUT2D eigenvalue weighted by molar-refractivity contribution is 5.82. The molecule has 2 rings (SSSR count). The van der Waals surface area contributed by atoms with E-state index >= 15 is 0 Å². The summed E-state index contributed by atoms with van der Waals surface area (Å²) in [5, 5.41) is 0.822. The van der Waals surface area contributed by atoms with Crippen LogP contribution in [0.1, 0.15) is 43.5 Å². The molecule has 0 fully saturated rings. The minimum Gasteiger partial charge on any atom is -0.358 e. The lowest BCUT2D eigenvalue weighted by Gasteiger charge is -2.19. The first-order valence-corrected chi connectivity index (χ1v) is 8.03. The molecular formula is C18H27N2O+. The largest absolute Gasteiger partial charge is 0.358 e. The zero-order chi connectivity index (χ0) is 15.4. The minimum atomic E-state index is 0.203. The molecule has 3 nitrogen and oxygen atoms in total. The maximum Gasteiger partial charge on any atom is 0.198 e. The van der Waals surface area contributed by atoms with Crippen LogP contribution in [0.4, 0.5) is 0 Å². The van der Waals surface area contributed by atoms with Crippen LogP contribution in [0.5, 0.6) is 0 Å². The molecule has 1 aromatic heterocycles. The Balaban J connectivity index is 2.47. The van der Waals surface area contributed by atoms with E-state index in [2.05, 4.69) is 18.8 Å². The van der Waals surface area contributed by atoms with Gasteiger partial charge in [-0.3, -0.25) is 4.79 Å². The highest BCUT2D eigenvalue weighted by Gasteiger charge is 2.15. The Kier molecular flexibility index (Phi) is 5.18. The summed E-state index contributed by atoms with van der Waals surface area (Å²) in [5.74, 6) is 0. The number of rotatable bonds is 6. The number of H-pyrrole nitrogens is 1. The Bertz CT molecular complexity index is 667. The number of nitrogens with one attached hydrogen (secondary N) is 2. The van der Waals surface area contributed by atoms with E-state index in [4.69, 9.17) is 0 Å². The summed E-state index contributed by atoms with van der Waals surface area (Å²) in [4.78, 5) is 17.8. The predicted molar refractivity (Wildman–Crippen MR) is 89.0 cm³/mol. The second kappa shape index (κ2) is 6.90. The molecule has 1 heterocycles. The third-order valence-electron chi connectivity index (χ3n) is 4.19. The van der Waals surface area contributed by atoms with Crippen molar-refractivity contribution < 1.29 is 4.90 Å². The van der Waals surface area contributed by atoms with Crippen LogP contribution in [0.15, 0.2) is 23.0 Å². The van der Waals surface area contributed by atoms with Crippen molar-refractivity contribution in [3.05, 3.63) is 45.2 Å². The van der Waals surface area contributed by atoms with E-state index in [1.807, 2.05) is 32.0 Å². The van der Waals surface area contributed by atoms with Crippen molar-refractivity contribution in [1.29, 1.82) is 0 Å². The molecular weight excluding hydrogens is 260 g/mol. The summed E-state index contributed by atoms with van der Waals surface area (Å²) >= 11 is 0. The fourth-order valence-corrected chi connectivity index (χ4v) is 3.09. The second-order valence-corrected chi connectivity index (χ2v) is 5.98. The molecule has 114 valence electrons. The van der Waals surface area contributed by atoms with E-state index in [-0.39, 0.29) is 5.43 Å². The maximum absolute atomic E-state index is 12.8. The van der Waals surface area contributed by atoms with Gasteiger partial charge in [-0.25, -0.2) is 0 Å². The summed E-state index contributed by atoms with van der Waals surface area (Å²) in [7, 11) is 0. The van der Waals surface area contributed by atoms with Crippen molar-refractivity contribution in [1.82, 2.24) is 4.98 Å². The van der Waals surface area contributed by atoms with E-state index in [1.165, 1.54) is 4.90 Å². The van der Waals surface area contributed by atoms with Gasteiger partial charge in [0.1, 0.15) is 6.54 Å². The standard InChI is InChI=1S/C18H26N2O/c1-5-10-20(11-6-2)12-16-14(4)19-17-13(3)8-7-9-15(17)18(16)21/h7-9H,5-6,10-12H2,1-4H3,(H,19,21)/p+1. The first-order chi connectivity index (χ1) is 10.1. The maximum atomic E-state index is 12.8. The molecule has 0 aliphatic rings. The second-order valence-electron chi connectivity index (χ2n) is 5.98. The summed E-state index contributed by atoms with van der Waals surface area (Å²) in [6.45, 7) is 11.6. The monoisotopic (exact) mass is 287 g/mol. The number of fused-ring (bicyclic) bond motifs is 1. The van der Waals surface area contributed by atoms with Crippen LogP contribution in [-0.4, -0.2) is 18.1 Å². The molecule has 21 heavy (non-hydrogen) atoms. The first-order valence-electron chi connectivity index (χ1n) is 8.03. The molecule has 0 radical (unpaired) electrons. The van der Waals surface area contributed by atoms with Gasteiger partial charge in [0.2, 0.25) is 0 Å². The van der Waals surface area contributed by atoms with Crippen LogP contribution < -0.4 is 10.3 Å². The quantitative estimate of drug-likeness (QED) is 0.841. The molecule has 1 aromatic carbocycles. The number of hydrogen-bond donors (Lipinski definition) is 2. The van der Waals surface area contributed by atoms with Crippen LogP contribution >= 0.6 is 0 Å². The third kappa shape index (κ3) is 3.35. The number of aryl methyl sites for hydroxylation is 2. The van der Waals surface area contributed by atoms with Crippen LogP contribution in [0, 0.1) is 13.8 Å². The van der Waals surface area contributed by atoms with Crippen molar-refractivity contribution in [2.45, 2.75) is 47.1 Å².